The second-order valence-corrected chi connectivity index (χ2v) is 6.11. The molecule has 1 aromatic heterocycles. The van der Waals surface area contributed by atoms with E-state index in [-0.39, 0.29) is 12.5 Å². The summed E-state index contributed by atoms with van der Waals surface area (Å²) in [6.07, 6.45) is 0.532. The van der Waals surface area contributed by atoms with Gasteiger partial charge in [-0.2, -0.15) is 0 Å². The Bertz CT molecular complexity index is 659. The average molecular weight is 358 g/mol. The molecule has 0 aliphatic heterocycles. The van der Waals surface area contributed by atoms with Gasteiger partial charge in [-0.25, -0.2) is 4.79 Å². The highest BCUT2D eigenvalue weighted by molar-refractivity contribution is 7.12. The van der Waals surface area contributed by atoms with Crippen molar-refractivity contribution in [2.75, 3.05) is 13.2 Å². The Morgan fingerprint density at radius 1 is 1.18 bits per heavy atom. The predicted octanol–water partition coefficient (Wildman–Crippen LogP) is 4.03. The molecule has 2 rings (SSSR count). The fourth-order valence-electron chi connectivity index (χ4n) is 1.64. The smallest absolute Gasteiger partial charge is 0.338 e. The summed E-state index contributed by atoms with van der Waals surface area (Å²) >= 11 is 13.0. The van der Waals surface area contributed by atoms with Gasteiger partial charge >= 0.3 is 5.97 Å². The van der Waals surface area contributed by atoms with Gasteiger partial charge in [0.15, 0.2) is 0 Å². The Hall–Kier alpha value is -1.56. The maximum Gasteiger partial charge on any atom is 0.338 e. The minimum atomic E-state index is -0.469. The summed E-state index contributed by atoms with van der Waals surface area (Å²) in [6.45, 7) is 0.648. The Morgan fingerprint density at radius 2 is 2.00 bits per heavy atom. The monoisotopic (exact) mass is 357 g/mol. The molecule has 0 atom stereocenters. The lowest BCUT2D eigenvalue weighted by molar-refractivity contribution is 0.0501. The van der Waals surface area contributed by atoms with Gasteiger partial charge in [0.05, 0.1) is 27.1 Å². The van der Waals surface area contributed by atoms with Crippen LogP contribution in [0.4, 0.5) is 0 Å². The van der Waals surface area contributed by atoms with Gasteiger partial charge in [0.1, 0.15) is 0 Å². The summed E-state index contributed by atoms with van der Waals surface area (Å²) in [5, 5.41) is 5.29. The molecule has 0 aliphatic carbocycles. The summed E-state index contributed by atoms with van der Waals surface area (Å²) in [7, 11) is 0. The molecule has 0 aliphatic rings. The molecular weight excluding hydrogens is 345 g/mol. The quantitative estimate of drug-likeness (QED) is 0.627. The molecule has 116 valence electrons. The molecule has 2 aromatic rings. The van der Waals surface area contributed by atoms with E-state index in [4.69, 9.17) is 27.9 Å². The minimum absolute atomic E-state index is 0.120. The molecule has 0 saturated carbocycles. The third-order valence-electron chi connectivity index (χ3n) is 2.74. The lowest BCUT2D eigenvalue weighted by Gasteiger charge is -2.06. The van der Waals surface area contributed by atoms with Crippen LogP contribution < -0.4 is 5.32 Å². The van der Waals surface area contributed by atoms with Crippen LogP contribution in [0.3, 0.4) is 0 Å². The van der Waals surface area contributed by atoms with Crippen LogP contribution in [0.15, 0.2) is 35.7 Å². The third kappa shape index (κ3) is 4.73. The highest BCUT2D eigenvalue weighted by Crippen LogP contribution is 2.22. The Kier molecular flexibility index (Phi) is 6.24. The van der Waals surface area contributed by atoms with E-state index >= 15 is 0 Å². The predicted molar refractivity (Wildman–Crippen MR) is 88.0 cm³/mol. The van der Waals surface area contributed by atoms with Gasteiger partial charge in [0.25, 0.3) is 5.91 Å². The number of carbonyl (C=O) groups is 2. The lowest BCUT2D eigenvalue weighted by Crippen LogP contribution is -2.24. The Labute approximate surface area is 142 Å². The minimum Gasteiger partial charge on any atom is -0.462 e. The molecule has 0 radical (unpaired) electrons. The van der Waals surface area contributed by atoms with Crippen molar-refractivity contribution in [2.45, 2.75) is 6.42 Å². The zero-order valence-electron chi connectivity index (χ0n) is 11.5. The van der Waals surface area contributed by atoms with Crippen molar-refractivity contribution in [1.29, 1.82) is 0 Å². The topological polar surface area (TPSA) is 55.4 Å². The first kappa shape index (κ1) is 16.8. The molecule has 0 bridgehead atoms. The van der Waals surface area contributed by atoms with Crippen molar-refractivity contribution in [2.24, 2.45) is 0 Å². The molecule has 1 amide bonds. The van der Waals surface area contributed by atoms with Crippen LogP contribution in [0.2, 0.25) is 10.0 Å². The number of rotatable bonds is 6. The van der Waals surface area contributed by atoms with Crippen molar-refractivity contribution < 1.29 is 14.3 Å². The first-order chi connectivity index (χ1) is 10.6. The SMILES string of the molecule is O=C(OCCCNC(=O)c1cccs1)c1ccc(Cl)c(Cl)c1. The molecule has 4 nitrogen and oxygen atoms in total. The van der Waals surface area contributed by atoms with Gasteiger partial charge in [0, 0.05) is 6.54 Å². The largest absolute Gasteiger partial charge is 0.462 e. The molecule has 1 heterocycles. The van der Waals surface area contributed by atoms with Gasteiger partial charge in [-0.05, 0) is 36.1 Å². The Morgan fingerprint density at radius 3 is 2.68 bits per heavy atom. The normalized spacial score (nSPS) is 10.3. The number of hydrogen-bond acceptors (Lipinski definition) is 4. The van der Waals surface area contributed by atoms with Crippen molar-refractivity contribution >= 4 is 46.4 Å². The van der Waals surface area contributed by atoms with Gasteiger partial charge in [0.2, 0.25) is 0 Å². The molecular formula is C15H13Cl2NO3S. The molecule has 0 fully saturated rings. The second kappa shape index (κ2) is 8.17. The first-order valence-electron chi connectivity index (χ1n) is 6.52. The van der Waals surface area contributed by atoms with Gasteiger partial charge in [-0.15, -0.1) is 11.3 Å². The van der Waals surface area contributed by atoms with Crippen molar-refractivity contribution in [3.8, 4) is 0 Å². The summed E-state index contributed by atoms with van der Waals surface area (Å²) in [5.41, 5.74) is 0.344. The van der Waals surface area contributed by atoms with Crippen molar-refractivity contribution in [1.82, 2.24) is 5.32 Å². The van der Waals surface area contributed by atoms with Crippen LogP contribution in [0.5, 0.6) is 0 Å². The number of ether oxygens (including phenoxy) is 1. The highest BCUT2D eigenvalue weighted by Gasteiger charge is 2.09. The van der Waals surface area contributed by atoms with Crippen molar-refractivity contribution in [3.05, 3.63) is 56.2 Å². The number of nitrogens with one attached hydrogen (secondary N) is 1. The number of carbonyl (C=O) groups excluding carboxylic acids is 2. The number of esters is 1. The number of hydrogen-bond donors (Lipinski definition) is 1. The zero-order chi connectivity index (χ0) is 15.9. The number of halogens is 2. The first-order valence-corrected chi connectivity index (χ1v) is 8.15. The lowest BCUT2D eigenvalue weighted by atomic mass is 10.2. The Balaban J connectivity index is 1.69. The third-order valence-corrected chi connectivity index (χ3v) is 4.35. The van der Waals surface area contributed by atoms with E-state index in [9.17, 15) is 9.59 Å². The summed E-state index contributed by atoms with van der Waals surface area (Å²) in [6, 6.07) is 8.13. The van der Waals surface area contributed by atoms with E-state index in [1.165, 1.54) is 17.4 Å². The van der Waals surface area contributed by atoms with E-state index in [0.29, 0.717) is 33.5 Å². The van der Waals surface area contributed by atoms with E-state index in [2.05, 4.69) is 5.32 Å². The van der Waals surface area contributed by atoms with Crippen LogP contribution in [0.1, 0.15) is 26.5 Å². The van der Waals surface area contributed by atoms with Crippen LogP contribution in [0.25, 0.3) is 0 Å². The van der Waals surface area contributed by atoms with Crippen LogP contribution in [-0.4, -0.2) is 25.0 Å². The van der Waals surface area contributed by atoms with E-state index in [0.717, 1.165) is 0 Å². The van der Waals surface area contributed by atoms with Gasteiger partial charge < -0.3 is 10.1 Å². The van der Waals surface area contributed by atoms with Crippen molar-refractivity contribution in [3.63, 3.8) is 0 Å². The summed E-state index contributed by atoms with van der Waals surface area (Å²) < 4.78 is 5.11. The molecule has 0 spiro atoms. The fourth-order valence-corrected chi connectivity index (χ4v) is 2.58. The van der Waals surface area contributed by atoms with Crippen LogP contribution >= 0.6 is 34.5 Å². The van der Waals surface area contributed by atoms with E-state index in [1.54, 1.807) is 18.2 Å². The molecule has 22 heavy (non-hydrogen) atoms. The van der Waals surface area contributed by atoms with Gasteiger partial charge in [-0.1, -0.05) is 29.3 Å². The average Bonchev–Trinajstić information content (AvgIpc) is 3.03. The molecule has 1 aromatic carbocycles. The zero-order valence-corrected chi connectivity index (χ0v) is 13.8. The maximum absolute atomic E-state index is 11.8. The molecule has 1 N–H and O–H groups in total. The molecule has 0 unspecified atom stereocenters. The highest BCUT2D eigenvalue weighted by atomic mass is 35.5. The second-order valence-electron chi connectivity index (χ2n) is 4.35. The number of thiophene rings is 1. The number of benzene rings is 1. The van der Waals surface area contributed by atoms with Gasteiger partial charge in [-0.3, -0.25) is 4.79 Å². The van der Waals surface area contributed by atoms with E-state index in [1.807, 2.05) is 11.4 Å². The van der Waals surface area contributed by atoms with E-state index < -0.39 is 5.97 Å². The van der Waals surface area contributed by atoms with Crippen LogP contribution in [0, 0.1) is 0 Å². The molecule has 0 saturated heterocycles. The maximum atomic E-state index is 11.8. The fraction of sp³-hybridized carbons (Fsp3) is 0.200. The number of amides is 1. The molecule has 7 heteroatoms. The standard InChI is InChI=1S/C15H13Cl2NO3S/c16-11-5-4-10(9-12(11)17)15(20)21-7-2-6-18-14(19)13-3-1-8-22-13/h1,3-5,8-9H,2,6-7H2,(H,18,19). The summed E-state index contributed by atoms with van der Waals surface area (Å²) in [4.78, 5) is 24.1. The van der Waals surface area contributed by atoms with Crippen LogP contribution in [-0.2, 0) is 4.74 Å². The summed E-state index contributed by atoms with van der Waals surface area (Å²) in [5.74, 6) is -0.589.